The molecule has 212 valence electrons. The summed E-state index contributed by atoms with van der Waals surface area (Å²) in [6.45, 7) is 6.84. The summed E-state index contributed by atoms with van der Waals surface area (Å²) in [5.41, 5.74) is 4.28. The van der Waals surface area contributed by atoms with Crippen molar-refractivity contribution < 1.29 is 9.59 Å². The molecule has 0 radical (unpaired) electrons. The SMILES string of the molecule is CC(C)(C)c1ccc(CCC(=O)N(Cc2ccc(Cl)c(Cl)c2)[C@@H](Cc2ccccc2)C(=O)NC2CCCC2)cc1. The Morgan fingerprint density at radius 2 is 1.52 bits per heavy atom. The molecule has 1 aliphatic carbocycles. The highest BCUT2D eigenvalue weighted by molar-refractivity contribution is 6.42. The summed E-state index contributed by atoms with van der Waals surface area (Å²) in [7, 11) is 0. The van der Waals surface area contributed by atoms with Crippen molar-refractivity contribution in [3.8, 4) is 0 Å². The minimum absolute atomic E-state index is 0.0616. The molecule has 3 aromatic rings. The maximum atomic E-state index is 14.0. The van der Waals surface area contributed by atoms with E-state index in [1.165, 1.54) is 5.56 Å². The van der Waals surface area contributed by atoms with Crippen LogP contribution in [-0.4, -0.2) is 28.8 Å². The van der Waals surface area contributed by atoms with Crippen LogP contribution in [0.2, 0.25) is 10.0 Å². The molecule has 1 N–H and O–H groups in total. The Labute approximate surface area is 249 Å². The molecule has 1 saturated carbocycles. The highest BCUT2D eigenvalue weighted by Crippen LogP contribution is 2.26. The van der Waals surface area contributed by atoms with Crippen molar-refractivity contribution in [3.63, 3.8) is 0 Å². The first-order chi connectivity index (χ1) is 19.1. The number of carbonyl (C=O) groups is 2. The van der Waals surface area contributed by atoms with Crippen LogP contribution in [0.15, 0.2) is 72.8 Å². The van der Waals surface area contributed by atoms with E-state index in [1.807, 2.05) is 36.4 Å². The van der Waals surface area contributed by atoms with Gasteiger partial charge in [-0.15, -0.1) is 0 Å². The lowest BCUT2D eigenvalue weighted by Gasteiger charge is -2.32. The summed E-state index contributed by atoms with van der Waals surface area (Å²) in [6.07, 6.45) is 5.54. The lowest BCUT2D eigenvalue weighted by Crippen LogP contribution is -2.52. The van der Waals surface area contributed by atoms with Gasteiger partial charge in [0.15, 0.2) is 0 Å². The van der Waals surface area contributed by atoms with Crippen LogP contribution in [0.1, 0.15) is 75.1 Å². The van der Waals surface area contributed by atoms with Gasteiger partial charge in [-0.3, -0.25) is 9.59 Å². The van der Waals surface area contributed by atoms with E-state index in [-0.39, 0.29) is 29.8 Å². The standard InChI is InChI=1S/C34H40Cl2N2O2/c1-34(2,3)27-17-13-24(14-18-27)16-20-32(39)38(23-26-15-19-29(35)30(36)21-26)31(22-25-9-5-4-6-10-25)33(40)37-28-11-7-8-12-28/h4-6,9-10,13-15,17-19,21,28,31H,7-8,11-12,16,20,22-23H2,1-3H3,(H,37,40)/t31-/m0/s1. The second-order valence-corrected chi connectivity index (χ2v) is 12.7. The second kappa shape index (κ2) is 13.7. The maximum absolute atomic E-state index is 14.0. The molecule has 4 rings (SSSR count). The van der Waals surface area contributed by atoms with Crippen molar-refractivity contribution >= 4 is 35.0 Å². The Morgan fingerprint density at radius 1 is 0.875 bits per heavy atom. The van der Waals surface area contributed by atoms with Crippen molar-refractivity contribution in [2.45, 2.75) is 89.8 Å². The zero-order valence-electron chi connectivity index (χ0n) is 23.8. The van der Waals surface area contributed by atoms with Crippen molar-refractivity contribution in [3.05, 3.63) is 105 Å². The first kappa shape index (κ1) is 30.1. The number of amides is 2. The molecule has 0 aromatic heterocycles. The number of hydrogen-bond acceptors (Lipinski definition) is 2. The van der Waals surface area contributed by atoms with Crippen LogP contribution in [0.4, 0.5) is 0 Å². The minimum atomic E-state index is -0.645. The fraction of sp³-hybridized carbons (Fsp3) is 0.412. The molecule has 0 spiro atoms. The quantitative estimate of drug-likeness (QED) is 0.265. The third-order valence-electron chi connectivity index (χ3n) is 7.76. The number of hydrogen-bond donors (Lipinski definition) is 1. The van der Waals surface area contributed by atoms with Crippen molar-refractivity contribution in [1.29, 1.82) is 0 Å². The predicted molar refractivity (Wildman–Crippen MR) is 165 cm³/mol. The highest BCUT2D eigenvalue weighted by atomic mass is 35.5. The monoisotopic (exact) mass is 578 g/mol. The number of halogens is 2. The maximum Gasteiger partial charge on any atom is 0.243 e. The molecule has 1 fully saturated rings. The Hall–Kier alpha value is -2.82. The third kappa shape index (κ3) is 8.34. The van der Waals surface area contributed by atoms with Gasteiger partial charge in [-0.05, 0) is 59.1 Å². The molecule has 0 saturated heterocycles. The van der Waals surface area contributed by atoms with Gasteiger partial charge in [-0.1, -0.05) is 117 Å². The predicted octanol–water partition coefficient (Wildman–Crippen LogP) is 7.92. The summed E-state index contributed by atoms with van der Waals surface area (Å²) in [4.78, 5) is 29.5. The van der Waals surface area contributed by atoms with Crippen molar-refractivity contribution in [2.24, 2.45) is 0 Å². The van der Waals surface area contributed by atoms with Crippen molar-refractivity contribution in [2.75, 3.05) is 0 Å². The van der Waals surface area contributed by atoms with Gasteiger partial charge in [0.05, 0.1) is 10.0 Å². The van der Waals surface area contributed by atoms with E-state index < -0.39 is 6.04 Å². The van der Waals surface area contributed by atoms with Gasteiger partial charge in [-0.25, -0.2) is 0 Å². The first-order valence-electron chi connectivity index (χ1n) is 14.3. The van der Waals surface area contributed by atoms with Crippen LogP contribution >= 0.6 is 23.2 Å². The number of nitrogens with zero attached hydrogens (tertiary/aromatic N) is 1. The van der Waals surface area contributed by atoms with E-state index in [9.17, 15) is 9.59 Å². The summed E-state index contributed by atoms with van der Waals surface area (Å²) in [6, 6.07) is 23.3. The number of aryl methyl sites for hydroxylation is 1. The minimum Gasteiger partial charge on any atom is -0.352 e. The molecule has 0 aliphatic heterocycles. The largest absolute Gasteiger partial charge is 0.352 e. The number of rotatable bonds is 10. The molecule has 3 aromatic carbocycles. The number of nitrogens with one attached hydrogen (secondary N) is 1. The fourth-order valence-corrected chi connectivity index (χ4v) is 5.64. The molecular formula is C34H40Cl2N2O2. The Kier molecular flexibility index (Phi) is 10.3. The summed E-state index contributed by atoms with van der Waals surface area (Å²) >= 11 is 12.5. The molecule has 4 nitrogen and oxygen atoms in total. The normalized spacial score (nSPS) is 14.6. The van der Waals surface area contributed by atoms with E-state index in [0.29, 0.717) is 29.3 Å². The van der Waals surface area contributed by atoms with Gasteiger partial charge in [0, 0.05) is 25.4 Å². The van der Waals surface area contributed by atoms with E-state index in [2.05, 4.69) is 50.4 Å². The van der Waals surface area contributed by atoms with Gasteiger partial charge in [0.25, 0.3) is 0 Å². The number of benzene rings is 3. The van der Waals surface area contributed by atoms with Gasteiger partial charge in [0.1, 0.15) is 6.04 Å². The first-order valence-corrected chi connectivity index (χ1v) is 15.0. The van der Waals surface area contributed by atoms with E-state index in [1.54, 1.807) is 17.0 Å². The Balaban J connectivity index is 1.60. The highest BCUT2D eigenvalue weighted by Gasteiger charge is 2.32. The lowest BCUT2D eigenvalue weighted by atomic mass is 9.86. The summed E-state index contributed by atoms with van der Waals surface area (Å²) in [5, 5.41) is 4.15. The van der Waals surface area contributed by atoms with Crippen LogP contribution in [-0.2, 0) is 34.4 Å². The van der Waals surface area contributed by atoms with Gasteiger partial charge in [-0.2, -0.15) is 0 Å². The van der Waals surface area contributed by atoms with Crippen molar-refractivity contribution in [1.82, 2.24) is 10.2 Å². The second-order valence-electron chi connectivity index (χ2n) is 11.9. The summed E-state index contributed by atoms with van der Waals surface area (Å²) in [5.74, 6) is -0.160. The molecule has 1 aliphatic rings. The zero-order chi connectivity index (χ0) is 28.7. The van der Waals surface area contributed by atoms with Crippen LogP contribution in [0.3, 0.4) is 0 Å². The van der Waals surface area contributed by atoms with E-state index in [0.717, 1.165) is 42.4 Å². The lowest BCUT2D eigenvalue weighted by molar-refractivity contribution is -0.141. The van der Waals surface area contributed by atoms with Crippen LogP contribution in [0.5, 0.6) is 0 Å². The molecule has 40 heavy (non-hydrogen) atoms. The van der Waals surface area contributed by atoms with Gasteiger partial charge < -0.3 is 10.2 Å². The molecule has 0 heterocycles. The number of carbonyl (C=O) groups excluding carboxylic acids is 2. The van der Waals surface area contributed by atoms with Gasteiger partial charge in [0.2, 0.25) is 11.8 Å². The topological polar surface area (TPSA) is 49.4 Å². The third-order valence-corrected chi connectivity index (χ3v) is 8.50. The van der Waals surface area contributed by atoms with E-state index in [4.69, 9.17) is 23.2 Å². The molecule has 0 unspecified atom stereocenters. The molecule has 2 amide bonds. The Morgan fingerprint density at radius 3 is 2.15 bits per heavy atom. The molecule has 6 heteroatoms. The molecule has 1 atom stereocenters. The van der Waals surface area contributed by atoms with Gasteiger partial charge >= 0.3 is 0 Å². The van der Waals surface area contributed by atoms with Crippen LogP contribution < -0.4 is 5.32 Å². The van der Waals surface area contributed by atoms with Crippen LogP contribution in [0, 0.1) is 0 Å². The average molecular weight is 580 g/mol. The van der Waals surface area contributed by atoms with Crippen LogP contribution in [0.25, 0.3) is 0 Å². The van der Waals surface area contributed by atoms with E-state index >= 15 is 0 Å². The smallest absolute Gasteiger partial charge is 0.243 e. The average Bonchev–Trinajstić information content (AvgIpc) is 3.44. The fourth-order valence-electron chi connectivity index (χ4n) is 5.32. The molecule has 0 bridgehead atoms. The zero-order valence-corrected chi connectivity index (χ0v) is 25.3. The Bertz CT molecular complexity index is 1280. The molecular weight excluding hydrogens is 539 g/mol. The summed E-state index contributed by atoms with van der Waals surface area (Å²) < 4.78 is 0.